The van der Waals surface area contributed by atoms with E-state index in [4.69, 9.17) is 5.26 Å². The SMILES string of the molecule is CC1(C)CC1Nc1ccc(C(F)(F)F)c(C#N)c1. The summed E-state index contributed by atoms with van der Waals surface area (Å²) in [4.78, 5) is 0. The smallest absolute Gasteiger partial charge is 0.382 e. The van der Waals surface area contributed by atoms with Gasteiger partial charge in [0, 0.05) is 11.7 Å². The van der Waals surface area contributed by atoms with Crippen molar-refractivity contribution in [3.05, 3.63) is 29.3 Å². The third kappa shape index (κ3) is 2.42. The van der Waals surface area contributed by atoms with Gasteiger partial charge >= 0.3 is 6.18 Å². The summed E-state index contributed by atoms with van der Waals surface area (Å²) in [7, 11) is 0. The standard InChI is InChI=1S/C13H13F3N2/c1-12(2)6-11(12)18-9-3-4-10(13(14,15)16)8(5-9)7-17/h3-5,11,18H,6H2,1-2H3. The Labute approximate surface area is 103 Å². The second-order valence-corrected chi connectivity index (χ2v) is 5.26. The summed E-state index contributed by atoms with van der Waals surface area (Å²) in [6, 6.07) is 5.45. The fourth-order valence-corrected chi connectivity index (χ4v) is 1.89. The van der Waals surface area contributed by atoms with Gasteiger partial charge in [-0.05, 0) is 30.0 Å². The zero-order valence-corrected chi connectivity index (χ0v) is 10.1. The molecule has 0 radical (unpaired) electrons. The van der Waals surface area contributed by atoms with Crippen molar-refractivity contribution in [1.82, 2.24) is 0 Å². The lowest BCUT2D eigenvalue weighted by Gasteiger charge is -2.12. The molecule has 96 valence electrons. The van der Waals surface area contributed by atoms with Crippen molar-refractivity contribution in [2.24, 2.45) is 5.41 Å². The molecule has 1 unspecified atom stereocenters. The molecule has 5 heteroatoms. The van der Waals surface area contributed by atoms with E-state index in [2.05, 4.69) is 19.2 Å². The first-order valence-electron chi connectivity index (χ1n) is 5.62. The van der Waals surface area contributed by atoms with E-state index in [0.29, 0.717) is 5.69 Å². The van der Waals surface area contributed by atoms with Crippen LogP contribution in [0, 0.1) is 16.7 Å². The minimum atomic E-state index is -4.48. The van der Waals surface area contributed by atoms with Gasteiger partial charge in [-0.25, -0.2) is 0 Å². The topological polar surface area (TPSA) is 35.8 Å². The minimum Gasteiger partial charge on any atom is -0.382 e. The number of nitriles is 1. The second kappa shape index (κ2) is 3.91. The fraction of sp³-hybridized carbons (Fsp3) is 0.462. The van der Waals surface area contributed by atoms with Crippen LogP contribution in [0.3, 0.4) is 0 Å². The summed E-state index contributed by atoms with van der Waals surface area (Å²) in [5.74, 6) is 0. The first kappa shape index (κ1) is 12.7. The highest BCUT2D eigenvalue weighted by atomic mass is 19.4. The van der Waals surface area contributed by atoms with Crippen molar-refractivity contribution in [2.75, 3.05) is 5.32 Å². The second-order valence-electron chi connectivity index (χ2n) is 5.26. The van der Waals surface area contributed by atoms with Crippen molar-refractivity contribution >= 4 is 5.69 Å². The van der Waals surface area contributed by atoms with Crippen molar-refractivity contribution in [3.63, 3.8) is 0 Å². The van der Waals surface area contributed by atoms with E-state index in [0.717, 1.165) is 12.5 Å². The van der Waals surface area contributed by atoms with Gasteiger partial charge in [-0.3, -0.25) is 0 Å². The average Bonchev–Trinajstić information content (AvgIpc) is 2.84. The lowest BCUT2D eigenvalue weighted by Crippen LogP contribution is -2.11. The van der Waals surface area contributed by atoms with Crippen LogP contribution in [-0.2, 0) is 6.18 Å². The number of anilines is 1. The molecule has 2 nitrogen and oxygen atoms in total. The molecule has 1 fully saturated rings. The van der Waals surface area contributed by atoms with Crippen LogP contribution >= 0.6 is 0 Å². The van der Waals surface area contributed by atoms with Crippen LogP contribution in [0.25, 0.3) is 0 Å². The van der Waals surface area contributed by atoms with E-state index in [9.17, 15) is 13.2 Å². The van der Waals surface area contributed by atoms with E-state index in [1.165, 1.54) is 12.1 Å². The van der Waals surface area contributed by atoms with E-state index in [-0.39, 0.29) is 17.0 Å². The molecule has 1 aliphatic carbocycles. The van der Waals surface area contributed by atoms with Crippen LogP contribution in [0.1, 0.15) is 31.4 Å². The number of benzene rings is 1. The Morgan fingerprint density at radius 2 is 2.00 bits per heavy atom. The van der Waals surface area contributed by atoms with Crippen molar-refractivity contribution < 1.29 is 13.2 Å². The van der Waals surface area contributed by atoms with Gasteiger partial charge in [0.25, 0.3) is 0 Å². The maximum atomic E-state index is 12.6. The Kier molecular flexibility index (Phi) is 2.77. The number of nitrogens with zero attached hydrogens (tertiary/aromatic N) is 1. The van der Waals surface area contributed by atoms with Crippen LogP contribution in [0.4, 0.5) is 18.9 Å². The molecule has 0 heterocycles. The van der Waals surface area contributed by atoms with Gasteiger partial charge in [-0.2, -0.15) is 18.4 Å². The summed E-state index contributed by atoms with van der Waals surface area (Å²) < 4.78 is 37.8. The highest BCUT2D eigenvalue weighted by Crippen LogP contribution is 2.46. The van der Waals surface area contributed by atoms with Crippen molar-refractivity contribution in [3.8, 4) is 6.07 Å². The lowest BCUT2D eigenvalue weighted by atomic mass is 10.1. The Bertz CT molecular complexity index is 512. The average molecular weight is 254 g/mol. The third-order valence-corrected chi connectivity index (χ3v) is 3.30. The Morgan fingerprint density at radius 1 is 1.39 bits per heavy atom. The van der Waals surface area contributed by atoms with Gasteiger partial charge in [0.2, 0.25) is 0 Å². The third-order valence-electron chi connectivity index (χ3n) is 3.30. The highest BCUT2D eigenvalue weighted by Gasteiger charge is 2.45. The molecule has 1 aromatic carbocycles. The number of halogens is 3. The maximum absolute atomic E-state index is 12.6. The molecule has 1 aliphatic rings. The van der Waals surface area contributed by atoms with Crippen LogP contribution in [-0.4, -0.2) is 6.04 Å². The van der Waals surface area contributed by atoms with Crippen LogP contribution in [0.5, 0.6) is 0 Å². The molecule has 0 amide bonds. The molecule has 0 aliphatic heterocycles. The molecule has 1 saturated carbocycles. The predicted octanol–water partition coefficient (Wildman–Crippen LogP) is 3.79. The molecule has 1 N–H and O–H groups in total. The van der Waals surface area contributed by atoms with E-state index in [1.54, 1.807) is 6.07 Å². The number of hydrogen-bond donors (Lipinski definition) is 1. The van der Waals surface area contributed by atoms with E-state index >= 15 is 0 Å². The fourth-order valence-electron chi connectivity index (χ4n) is 1.89. The number of nitrogens with one attached hydrogen (secondary N) is 1. The first-order chi connectivity index (χ1) is 8.24. The van der Waals surface area contributed by atoms with Crippen LogP contribution in [0.2, 0.25) is 0 Å². The van der Waals surface area contributed by atoms with Crippen LogP contribution < -0.4 is 5.32 Å². The quantitative estimate of drug-likeness (QED) is 0.871. The molecule has 0 aromatic heterocycles. The van der Waals surface area contributed by atoms with Crippen molar-refractivity contribution in [2.45, 2.75) is 32.5 Å². The van der Waals surface area contributed by atoms with E-state index in [1.807, 2.05) is 0 Å². The van der Waals surface area contributed by atoms with Crippen LogP contribution in [0.15, 0.2) is 18.2 Å². The zero-order valence-electron chi connectivity index (χ0n) is 10.1. The molecule has 18 heavy (non-hydrogen) atoms. The monoisotopic (exact) mass is 254 g/mol. The molecular formula is C13H13F3N2. The predicted molar refractivity (Wildman–Crippen MR) is 62.0 cm³/mol. The normalized spacial score (nSPS) is 21.2. The van der Waals surface area contributed by atoms with E-state index < -0.39 is 11.7 Å². The first-order valence-corrected chi connectivity index (χ1v) is 5.62. The Hall–Kier alpha value is -1.70. The lowest BCUT2D eigenvalue weighted by molar-refractivity contribution is -0.137. The molecule has 0 spiro atoms. The molecular weight excluding hydrogens is 241 g/mol. The minimum absolute atomic E-state index is 0.176. The summed E-state index contributed by atoms with van der Waals surface area (Å²) >= 11 is 0. The molecule has 1 aromatic rings. The van der Waals surface area contributed by atoms with Gasteiger partial charge in [0.05, 0.1) is 17.2 Å². The molecule has 1 atom stereocenters. The molecule has 0 bridgehead atoms. The summed E-state index contributed by atoms with van der Waals surface area (Å²) in [5, 5.41) is 11.9. The number of alkyl halides is 3. The number of hydrogen-bond acceptors (Lipinski definition) is 2. The number of rotatable bonds is 2. The van der Waals surface area contributed by atoms with Gasteiger partial charge in [0.1, 0.15) is 0 Å². The zero-order chi connectivity index (χ0) is 13.6. The molecule has 2 rings (SSSR count). The highest BCUT2D eigenvalue weighted by molar-refractivity contribution is 5.55. The summed E-state index contributed by atoms with van der Waals surface area (Å²) in [5.41, 5.74) is -0.484. The van der Waals surface area contributed by atoms with Gasteiger partial charge in [-0.1, -0.05) is 13.8 Å². The Morgan fingerprint density at radius 3 is 2.44 bits per heavy atom. The van der Waals surface area contributed by atoms with Gasteiger partial charge < -0.3 is 5.32 Å². The van der Waals surface area contributed by atoms with Gasteiger partial charge in [0.15, 0.2) is 0 Å². The summed E-state index contributed by atoms with van der Waals surface area (Å²) in [6.45, 7) is 4.17. The Balaban J connectivity index is 2.24. The molecule has 0 saturated heterocycles. The summed E-state index contributed by atoms with van der Waals surface area (Å²) in [6.07, 6.45) is -3.50. The maximum Gasteiger partial charge on any atom is 0.417 e. The largest absolute Gasteiger partial charge is 0.417 e. The van der Waals surface area contributed by atoms with Crippen molar-refractivity contribution in [1.29, 1.82) is 5.26 Å². The van der Waals surface area contributed by atoms with Gasteiger partial charge in [-0.15, -0.1) is 0 Å².